The Morgan fingerprint density at radius 3 is 2.11 bits per heavy atom. The maximum Gasteiger partial charge on any atom is 0.332 e. The molecule has 0 atom stereocenters. The number of halogens is 2. The minimum absolute atomic E-state index is 0.0246. The van der Waals surface area contributed by atoms with Crippen molar-refractivity contribution >= 4 is 17.1 Å². The van der Waals surface area contributed by atoms with Gasteiger partial charge < -0.3 is 9.30 Å². The maximum absolute atomic E-state index is 13.4. The van der Waals surface area contributed by atoms with Crippen LogP contribution in [0.4, 0.5) is 8.78 Å². The largest absolute Gasteiger partial charge is 0.466 e. The summed E-state index contributed by atoms with van der Waals surface area (Å²) in [6.07, 6.45) is 2.61. The molecule has 2 aromatic carbocycles. The molecule has 0 bridgehead atoms. The number of hydrogen-bond acceptors (Lipinski definition) is 5. The molecule has 36 heavy (non-hydrogen) atoms. The summed E-state index contributed by atoms with van der Waals surface area (Å²) < 4.78 is 36.0. The summed E-state index contributed by atoms with van der Waals surface area (Å²) in [6, 6.07) is 12.3. The molecule has 10 heteroatoms. The third kappa shape index (κ3) is 5.27. The van der Waals surface area contributed by atoms with Crippen LogP contribution < -0.4 is 11.2 Å². The maximum atomic E-state index is 13.4. The lowest BCUT2D eigenvalue weighted by Crippen LogP contribution is -2.37. The zero-order chi connectivity index (χ0) is 25.8. The van der Waals surface area contributed by atoms with Gasteiger partial charge in [-0.05, 0) is 48.2 Å². The second-order valence-corrected chi connectivity index (χ2v) is 8.58. The second-order valence-electron chi connectivity index (χ2n) is 8.58. The number of fused-ring (bicyclic) bond motifs is 1. The van der Waals surface area contributed by atoms with Gasteiger partial charge in [0.15, 0.2) is 11.2 Å². The van der Waals surface area contributed by atoms with E-state index in [-0.39, 0.29) is 48.3 Å². The zero-order valence-electron chi connectivity index (χ0n) is 20.0. The Labute approximate surface area is 205 Å². The van der Waals surface area contributed by atoms with Crippen molar-refractivity contribution in [3.63, 3.8) is 0 Å². The predicted molar refractivity (Wildman–Crippen MR) is 130 cm³/mol. The van der Waals surface area contributed by atoms with Crippen LogP contribution in [0.2, 0.25) is 0 Å². The molecule has 0 N–H and O–H groups in total. The molecule has 0 aliphatic rings. The molecule has 2 aromatic heterocycles. The van der Waals surface area contributed by atoms with Crippen molar-refractivity contribution in [3.05, 3.63) is 98.5 Å². The second kappa shape index (κ2) is 10.7. The van der Waals surface area contributed by atoms with E-state index < -0.39 is 17.2 Å². The van der Waals surface area contributed by atoms with Gasteiger partial charge in [0.1, 0.15) is 11.6 Å². The molecule has 8 nitrogen and oxygen atoms in total. The van der Waals surface area contributed by atoms with Gasteiger partial charge in [-0.25, -0.2) is 18.6 Å². The van der Waals surface area contributed by atoms with E-state index in [9.17, 15) is 23.2 Å². The molecular formula is C26H26F2N4O4. The molecule has 0 amide bonds. The lowest BCUT2D eigenvalue weighted by atomic mass is 9.87. The Hall–Kier alpha value is -4.08. The summed E-state index contributed by atoms with van der Waals surface area (Å²) in [5, 5.41) is 0. The minimum Gasteiger partial charge on any atom is -0.466 e. The number of imidazole rings is 1. The van der Waals surface area contributed by atoms with Crippen LogP contribution in [0.15, 0.2) is 64.4 Å². The van der Waals surface area contributed by atoms with Gasteiger partial charge in [0.05, 0.1) is 19.4 Å². The van der Waals surface area contributed by atoms with Crippen molar-refractivity contribution in [2.24, 2.45) is 14.1 Å². The molecule has 188 valence electrons. The van der Waals surface area contributed by atoms with E-state index in [2.05, 4.69) is 4.98 Å². The summed E-state index contributed by atoms with van der Waals surface area (Å²) in [5.74, 6) is -1.21. The van der Waals surface area contributed by atoms with Gasteiger partial charge >= 0.3 is 11.7 Å². The highest BCUT2D eigenvalue weighted by molar-refractivity contribution is 5.71. The lowest BCUT2D eigenvalue weighted by molar-refractivity contribution is -0.144. The number of hydrogen-bond donors (Lipinski definition) is 0. The van der Waals surface area contributed by atoms with Crippen LogP contribution in [0, 0.1) is 11.6 Å². The first kappa shape index (κ1) is 25.0. The number of carbonyl (C=O) groups excluding carboxylic acids is 1. The Bertz CT molecular complexity index is 1440. The van der Waals surface area contributed by atoms with E-state index in [0.717, 1.165) is 15.7 Å². The van der Waals surface area contributed by atoms with Gasteiger partial charge in [0.2, 0.25) is 0 Å². The molecule has 0 aliphatic carbocycles. The number of nitrogens with zero attached hydrogens (tertiary/aromatic N) is 4. The number of ether oxygens (including phenoxy) is 1. The first-order valence-corrected chi connectivity index (χ1v) is 11.5. The molecule has 4 rings (SSSR count). The lowest BCUT2D eigenvalue weighted by Gasteiger charge is -2.18. The summed E-state index contributed by atoms with van der Waals surface area (Å²) >= 11 is 0. The average Bonchev–Trinajstić information content (AvgIpc) is 3.31. The predicted octanol–water partition coefficient (Wildman–Crippen LogP) is 3.26. The smallest absolute Gasteiger partial charge is 0.332 e. The summed E-state index contributed by atoms with van der Waals surface area (Å²) in [7, 11) is 2.92. The van der Waals surface area contributed by atoms with Crippen LogP contribution in [-0.2, 0) is 30.2 Å². The van der Waals surface area contributed by atoms with E-state index >= 15 is 0 Å². The Balaban J connectivity index is 1.35. The van der Waals surface area contributed by atoms with Gasteiger partial charge in [0.25, 0.3) is 5.56 Å². The molecule has 0 unspecified atom stereocenters. The Kier molecular flexibility index (Phi) is 7.42. The third-order valence-electron chi connectivity index (χ3n) is 6.22. The van der Waals surface area contributed by atoms with Crippen molar-refractivity contribution in [1.29, 1.82) is 0 Å². The van der Waals surface area contributed by atoms with Gasteiger partial charge in [-0.1, -0.05) is 24.3 Å². The van der Waals surface area contributed by atoms with Crippen LogP contribution in [0.3, 0.4) is 0 Å². The van der Waals surface area contributed by atoms with E-state index in [1.54, 1.807) is 24.3 Å². The van der Waals surface area contributed by atoms with Gasteiger partial charge in [-0.2, -0.15) is 0 Å². The SMILES string of the molecule is Cn1c(=O)c2c(ncn2CCC(=O)OCCCC(c2ccc(F)cc2)c2ccc(F)cc2)n(C)c1=O. The van der Waals surface area contributed by atoms with Gasteiger partial charge in [-0.15, -0.1) is 0 Å². The van der Waals surface area contributed by atoms with Crippen LogP contribution in [0.5, 0.6) is 0 Å². The Morgan fingerprint density at radius 1 is 0.944 bits per heavy atom. The van der Waals surface area contributed by atoms with Crippen molar-refractivity contribution < 1.29 is 18.3 Å². The van der Waals surface area contributed by atoms with E-state index in [0.29, 0.717) is 12.8 Å². The molecule has 0 radical (unpaired) electrons. The summed E-state index contributed by atoms with van der Waals surface area (Å²) in [4.78, 5) is 41.0. The molecule has 4 aromatic rings. The number of esters is 1. The zero-order valence-corrected chi connectivity index (χ0v) is 20.0. The number of aryl methyl sites for hydroxylation is 2. The highest BCUT2D eigenvalue weighted by Crippen LogP contribution is 2.29. The highest BCUT2D eigenvalue weighted by atomic mass is 19.1. The monoisotopic (exact) mass is 496 g/mol. The molecule has 0 spiro atoms. The van der Waals surface area contributed by atoms with Crippen molar-refractivity contribution in [2.45, 2.75) is 31.7 Å². The Morgan fingerprint density at radius 2 is 1.53 bits per heavy atom. The molecular weight excluding hydrogens is 470 g/mol. The van der Waals surface area contributed by atoms with Crippen molar-refractivity contribution in [2.75, 3.05) is 6.61 Å². The third-order valence-corrected chi connectivity index (χ3v) is 6.22. The van der Waals surface area contributed by atoms with Crippen LogP contribution in [0.25, 0.3) is 11.2 Å². The minimum atomic E-state index is -0.480. The van der Waals surface area contributed by atoms with E-state index in [1.807, 2.05) is 0 Å². The van der Waals surface area contributed by atoms with Crippen molar-refractivity contribution in [3.8, 4) is 0 Å². The number of rotatable bonds is 9. The number of carbonyl (C=O) groups is 1. The fourth-order valence-corrected chi connectivity index (χ4v) is 4.24. The quantitative estimate of drug-likeness (QED) is 0.262. The molecule has 2 heterocycles. The number of aromatic nitrogens is 4. The molecule has 0 aliphatic heterocycles. The first-order chi connectivity index (χ1) is 17.3. The molecule has 0 saturated heterocycles. The summed E-state index contributed by atoms with van der Waals surface area (Å²) in [5.41, 5.74) is 1.32. The normalized spacial score (nSPS) is 11.4. The molecule has 0 saturated carbocycles. The van der Waals surface area contributed by atoms with Gasteiger partial charge in [0, 0.05) is 26.6 Å². The van der Waals surface area contributed by atoms with Gasteiger partial charge in [-0.3, -0.25) is 18.7 Å². The van der Waals surface area contributed by atoms with Crippen LogP contribution >= 0.6 is 0 Å². The first-order valence-electron chi connectivity index (χ1n) is 11.5. The number of benzene rings is 2. The van der Waals surface area contributed by atoms with E-state index in [4.69, 9.17) is 4.74 Å². The fourth-order valence-electron chi connectivity index (χ4n) is 4.24. The standard InChI is InChI=1S/C26H26F2N4O4/c1-30-24-23(25(34)31(2)26(30)35)32(16-29-24)14-13-22(33)36-15-3-4-21(17-5-9-19(27)10-6-17)18-7-11-20(28)12-8-18/h5-12,16,21H,3-4,13-15H2,1-2H3. The van der Waals surface area contributed by atoms with E-state index in [1.165, 1.54) is 53.8 Å². The fraction of sp³-hybridized carbons (Fsp3) is 0.308. The molecule has 0 fully saturated rings. The highest BCUT2D eigenvalue weighted by Gasteiger charge is 2.17. The summed E-state index contributed by atoms with van der Waals surface area (Å²) in [6.45, 7) is 0.356. The van der Waals surface area contributed by atoms with Crippen LogP contribution in [0.1, 0.15) is 36.3 Å². The topological polar surface area (TPSA) is 88.1 Å². The average molecular weight is 497 g/mol. The van der Waals surface area contributed by atoms with Crippen molar-refractivity contribution in [1.82, 2.24) is 18.7 Å². The van der Waals surface area contributed by atoms with Crippen LogP contribution in [-0.4, -0.2) is 31.3 Å².